The van der Waals surface area contributed by atoms with Crippen LogP contribution >= 0.6 is 0 Å². The summed E-state index contributed by atoms with van der Waals surface area (Å²) >= 11 is 0. The van der Waals surface area contributed by atoms with Crippen LogP contribution in [-0.4, -0.2) is 8.42 Å². The Morgan fingerprint density at radius 3 is 2.33 bits per heavy atom. The van der Waals surface area contributed by atoms with Crippen molar-refractivity contribution in [2.24, 2.45) is 52.3 Å². The Hall–Kier alpha value is -1.60. The second kappa shape index (κ2) is 11.2. The molecule has 0 N–H and O–H groups in total. The van der Waals surface area contributed by atoms with E-state index in [1.165, 1.54) is 57.8 Å². The van der Waals surface area contributed by atoms with Crippen LogP contribution in [0.2, 0.25) is 0 Å². The van der Waals surface area contributed by atoms with E-state index in [1.807, 2.05) is 19.1 Å². The standard InChI is InChI=1S/C36H53NO2S/c1-24(2)9-8-10-26(4)31-17-18-32-30-16-13-28-23-27(19-21-35(28,5)33(30)20-22-36(31,32)6)34(37-7)40(38,39)29-14-11-25(3)12-15-29/h11-12,14-15,24,26,28,30-33H,8-10,13,16-23H2,1-6H3/b34-27-/t26-,28?,30+,31-,32+,33+,35+,36-/m1/s1. The molecule has 0 aliphatic heterocycles. The number of hydrogen-bond donors (Lipinski definition) is 0. The van der Waals surface area contributed by atoms with Crippen molar-refractivity contribution in [2.45, 2.75) is 123 Å². The third kappa shape index (κ3) is 5.12. The van der Waals surface area contributed by atoms with Crippen LogP contribution in [0, 0.1) is 65.8 Å². The summed E-state index contributed by atoms with van der Waals surface area (Å²) in [7, 11) is -3.77. The maximum atomic E-state index is 13.5. The molecule has 40 heavy (non-hydrogen) atoms. The van der Waals surface area contributed by atoms with Gasteiger partial charge in [0.2, 0.25) is 9.84 Å². The van der Waals surface area contributed by atoms with Gasteiger partial charge in [-0.2, -0.15) is 0 Å². The van der Waals surface area contributed by atoms with Crippen molar-refractivity contribution in [3.63, 3.8) is 0 Å². The molecule has 1 unspecified atom stereocenters. The molecular weight excluding hydrogens is 510 g/mol. The van der Waals surface area contributed by atoms with Crippen LogP contribution < -0.4 is 0 Å². The van der Waals surface area contributed by atoms with E-state index in [0.29, 0.717) is 11.3 Å². The number of allylic oxidation sites excluding steroid dienone is 1. The van der Waals surface area contributed by atoms with Crippen LogP contribution in [0.5, 0.6) is 0 Å². The molecule has 5 rings (SSSR count). The zero-order valence-electron chi connectivity index (χ0n) is 26.0. The maximum Gasteiger partial charge on any atom is 0.282 e. The van der Waals surface area contributed by atoms with E-state index < -0.39 is 9.84 Å². The Kier molecular flexibility index (Phi) is 8.40. The molecular formula is C36H53NO2S. The molecule has 3 nitrogen and oxygen atoms in total. The topological polar surface area (TPSA) is 38.5 Å². The van der Waals surface area contributed by atoms with Gasteiger partial charge in [0.15, 0.2) is 0 Å². The van der Waals surface area contributed by atoms with Gasteiger partial charge in [-0.1, -0.05) is 77.2 Å². The maximum absolute atomic E-state index is 13.5. The second-order valence-corrected chi connectivity index (χ2v) is 17.1. The van der Waals surface area contributed by atoms with Crippen LogP contribution in [-0.2, 0) is 9.84 Å². The van der Waals surface area contributed by atoms with E-state index in [-0.39, 0.29) is 15.3 Å². The van der Waals surface area contributed by atoms with Gasteiger partial charge in [-0.3, -0.25) is 0 Å². The average molecular weight is 564 g/mol. The number of sulfone groups is 1. The predicted molar refractivity (Wildman–Crippen MR) is 165 cm³/mol. The molecule has 0 bridgehead atoms. The first kappa shape index (κ1) is 29.9. The first-order valence-corrected chi connectivity index (χ1v) is 17.8. The molecule has 4 aliphatic rings. The molecule has 4 saturated carbocycles. The monoisotopic (exact) mass is 563 g/mol. The van der Waals surface area contributed by atoms with Crippen molar-refractivity contribution in [1.82, 2.24) is 0 Å². The van der Waals surface area contributed by atoms with Crippen LogP contribution in [0.4, 0.5) is 0 Å². The number of aryl methyl sites for hydroxylation is 1. The van der Waals surface area contributed by atoms with Crippen molar-refractivity contribution >= 4 is 9.84 Å². The van der Waals surface area contributed by atoms with Gasteiger partial charge in [0.25, 0.3) is 5.03 Å². The third-order valence-corrected chi connectivity index (χ3v) is 14.5. The minimum absolute atomic E-state index is 0.0156. The highest BCUT2D eigenvalue weighted by atomic mass is 32.2. The van der Waals surface area contributed by atoms with Gasteiger partial charge in [-0.25, -0.2) is 13.3 Å². The molecule has 0 heterocycles. The highest BCUT2D eigenvalue weighted by molar-refractivity contribution is 7.95. The summed E-state index contributed by atoms with van der Waals surface area (Å²) in [5, 5.41) is 0.0156. The molecule has 8 atom stereocenters. The lowest BCUT2D eigenvalue weighted by molar-refractivity contribution is -0.109. The molecule has 1 aromatic rings. The quantitative estimate of drug-likeness (QED) is 0.310. The summed E-state index contributed by atoms with van der Waals surface area (Å²) in [6.07, 6.45) is 14.8. The minimum Gasteiger partial charge on any atom is -0.230 e. The summed E-state index contributed by atoms with van der Waals surface area (Å²) in [5.41, 5.74) is 2.70. The summed E-state index contributed by atoms with van der Waals surface area (Å²) < 4.78 is 27.0. The van der Waals surface area contributed by atoms with Gasteiger partial charge in [0.1, 0.15) is 0 Å². The van der Waals surface area contributed by atoms with Gasteiger partial charge in [0.05, 0.1) is 11.5 Å². The predicted octanol–water partition coefficient (Wildman–Crippen LogP) is 10.0. The molecule has 4 fully saturated rings. The summed E-state index contributed by atoms with van der Waals surface area (Å²) in [4.78, 5) is 3.93. The first-order valence-electron chi connectivity index (χ1n) is 16.3. The number of fused-ring (bicyclic) bond motifs is 5. The minimum atomic E-state index is -3.77. The lowest BCUT2D eigenvalue weighted by atomic mass is 9.44. The summed E-state index contributed by atoms with van der Waals surface area (Å²) in [6.45, 7) is 22.3. The highest BCUT2D eigenvalue weighted by Crippen LogP contribution is 2.68. The smallest absolute Gasteiger partial charge is 0.230 e. The molecule has 4 aliphatic carbocycles. The molecule has 0 amide bonds. The van der Waals surface area contributed by atoms with E-state index in [4.69, 9.17) is 6.57 Å². The van der Waals surface area contributed by atoms with E-state index in [2.05, 4.69) is 39.5 Å². The molecule has 4 heteroatoms. The Morgan fingerprint density at radius 2 is 1.65 bits per heavy atom. The van der Waals surface area contributed by atoms with E-state index in [0.717, 1.165) is 65.9 Å². The van der Waals surface area contributed by atoms with E-state index in [9.17, 15) is 8.42 Å². The third-order valence-electron chi connectivity index (χ3n) is 12.7. The lowest BCUT2D eigenvalue weighted by Crippen LogP contribution is -2.53. The van der Waals surface area contributed by atoms with Gasteiger partial charge in [0, 0.05) is 0 Å². The summed E-state index contributed by atoms with van der Waals surface area (Å²) in [6, 6.07) is 6.98. The number of nitrogens with zero attached hydrogens (tertiary/aromatic N) is 1. The van der Waals surface area contributed by atoms with Gasteiger partial charge in [-0.15, -0.1) is 0 Å². The zero-order valence-corrected chi connectivity index (χ0v) is 26.8. The molecule has 0 saturated heterocycles. The van der Waals surface area contributed by atoms with Crippen LogP contribution in [0.1, 0.15) is 117 Å². The van der Waals surface area contributed by atoms with Crippen molar-refractivity contribution < 1.29 is 8.42 Å². The van der Waals surface area contributed by atoms with Crippen LogP contribution in [0.15, 0.2) is 39.8 Å². The van der Waals surface area contributed by atoms with Gasteiger partial charge in [-0.05, 0) is 129 Å². The molecule has 1 aromatic carbocycles. The van der Waals surface area contributed by atoms with Crippen molar-refractivity contribution in [2.75, 3.05) is 0 Å². The fraction of sp³-hybridized carbons (Fsp3) is 0.750. The summed E-state index contributed by atoms with van der Waals surface area (Å²) in [5.74, 6) is 5.47. The van der Waals surface area contributed by atoms with Gasteiger partial charge < -0.3 is 0 Å². The second-order valence-electron chi connectivity index (χ2n) is 15.2. The Labute approximate surface area is 245 Å². The first-order chi connectivity index (χ1) is 18.9. The van der Waals surface area contributed by atoms with E-state index in [1.54, 1.807) is 12.1 Å². The number of hydrogen-bond acceptors (Lipinski definition) is 2. The van der Waals surface area contributed by atoms with E-state index >= 15 is 0 Å². The SMILES string of the molecule is [C-]#[N+]/C(=C1\CC[C@@]2(C)C(CC[C@H]3[C@@H]4CC[C@H]([C@H](C)CCCC(C)C)[C@@]4(C)CC[C@@H]32)C1)S(=O)(=O)c1ccc(C)cc1. The normalized spacial score (nSPS) is 37.7. The molecule has 0 spiro atoms. The fourth-order valence-electron chi connectivity index (χ4n) is 10.5. The molecule has 220 valence electrons. The van der Waals surface area contributed by atoms with Crippen molar-refractivity contribution in [3.05, 3.63) is 51.8 Å². The Morgan fingerprint density at radius 1 is 0.950 bits per heavy atom. The highest BCUT2D eigenvalue weighted by Gasteiger charge is 2.60. The van der Waals surface area contributed by atoms with Crippen molar-refractivity contribution in [3.8, 4) is 0 Å². The van der Waals surface area contributed by atoms with Gasteiger partial charge >= 0.3 is 0 Å². The molecule has 0 aromatic heterocycles. The number of benzene rings is 1. The lowest BCUT2D eigenvalue weighted by Gasteiger charge is -2.61. The van der Waals surface area contributed by atoms with Crippen molar-refractivity contribution in [1.29, 1.82) is 0 Å². The Bertz CT molecular complexity index is 1250. The number of rotatable bonds is 7. The fourth-order valence-corrected chi connectivity index (χ4v) is 11.9. The zero-order chi connectivity index (χ0) is 28.9. The average Bonchev–Trinajstić information content (AvgIpc) is 3.26. The molecule has 0 radical (unpaired) electrons. The van der Waals surface area contributed by atoms with Crippen LogP contribution in [0.3, 0.4) is 0 Å². The van der Waals surface area contributed by atoms with Crippen LogP contribution in [0.25, 0.3) is 4.85 Å². The largest absolute Gasteiger partial charge is 0.282 e. The Balaban J connectivity index is 1.33.